The monoisotopic (exact) mass is 522 g/mol. The van der Waals surface area contributed by atoms with Crippen molar-refractivity contribution >= 4 is 68.5 Å². The molecule has 0 aliphatic carbocycles. The molecular weight excluding hydrogens is 501 g/mol. The van der Waals surface area contributed by atoms with Gasteiger partial charge < -0.3 is 0 Å². The first-order valence-corrected chi connectivity index (χ1v) is 14.6. The summed E-state index contributed by atoms with van der Waals surface area (Å²) in [5.74, 6) is 0.0712. The molecular formula is C27H22OS5. The van der Waals surface area contributed by atoms with Crippen molar-refractivity contribution in [2.75, 3.05) is 0 Å². The third kappa shape index (κ3) is 4.77. The second-order valence-corrected chi connectivity index (χ2v) is 14.1. The largest absolute Gasteiger partial charge is 0.289 e. The maximum absolute atomic E-state index is 13.0. The van der Waals surface area contributed by atoms with E-state index in [9.17, 15) is 4.79 Å². The smallest absolute Gasteiger partial charge is 0.186 e. The van der Waals surface area contributed by atoms with Gasteiger partial charge in [-0.15, -0.1) is 56.7 Å². The lowest BCUT2D eigenvalue weighted by atomic mass is 10.1. The first-order valence-electron chi connectivity index (χ1n) is 10.5. The molecule has 0 amide bonds. The zero-order valence-corrected chi connectivity index (χ0v) is 22.8. The molecule has 6 heteroatoms. The molecule has 0 fully saturated rings. The normalized spacial score (nSPS) is 11.6. The fourth-order valence-corrected chi connectivity index (χ4v) is 8.65. The Hall–Kier alpha value is -2.09. The molecule has 0 saturated heterocycles. The van der Waals surface area contributed by atoms with Crippen LogP contribution < -0.4 is 0 Å². The average molecular weight is 523 g/mol. The first kappa shape index (κ1) is 22.7. The second kappa shape index (κ2) is 9.28. The molecule has 0 saturated carbocycles. The molecule has 0 radical (unpaired) electrons. The van der Waals surface area contributed by atoms with Crippen molar-refractivity contribution < 1.29 is 4.79 Å². The van der Waals surface area contributed by atoms with E-state index in [0.717, 1.165) is 16.0 Å². The molecule has 0 N–H and O–H groups in total. The average Bonchev–Trinajstić information content (AvgIpc) is 3.57. The maximum Gasteiger partial charge on any atom is 0.186 e. The molecule has 0 unspecified atom stereocenters. The summed E-state index contributed by atoms with van der Waals surface area (Å²) in [6.45, 7) is 8.42. The van der Waals surface area contributed by atoms with E-state index in [-0.39, 0.29) is 5.78 Å². The van der Waals surface area contributed by atoms with Gasteiger partial charge in [0.05, 0.1) is 0 Å². The highest BCUT2D eigenvalue weighted by Gasteiger charge is 2.14. The molecule has 0 aliphatic heterocycles. The van der Waals surface area contributed by atoms with Gasteiger partial charge in [0, 0.05) is 54.3 Å². The number of carbonyl (C=O) groups is 1. The van der Waals surface area contributed by atoms with Gasteiger partial charge in [0.25, 0.3) is 0 Å². The Kier molecular flexibility index (Phi) is 6.38. The van der Waals surface area contributed by atoms with Crippen molar-refractivity contribution in [3.05, 3.63) is 85.2 Å². The highest BCUT2D eigenvalue weighted by Crippen LogP contribution is 2.41. The zero-order valence-electron chi connectivity index (χ0n) is 18.7. The lowest BCUT2D eigenvalue weighted by Crippen LogP contribution is -1.93. The van der Waals surface area contributed by atoms with Crippen LogP contribution >= 0.6 is 56.7 Å². The van der Waals surface area contributed by atoms with E-state index in [2.05, 4.69) is 63.2 Å². The third-order valence-corrected chi connectivity index (χ3v) is 11.2. The topological polar surface area (TPSA) is 17.1 Å². The van der Waals surface area contributed by atoms with Crippen LogP contribution in [0.2, 0.25) is 0 Å². The summed E-state index contributed by atoms with van der Waals surface area (Å²) in [5, 5.41) is 0. The molecule has 5 aromatic heterocycles. The number of rotatable bonds is 6. The van der Waals surface area contributed by atoms with Gasteiger partial charge in [0.15, 0.2) is 5.78 Å². The summed E-state index contributed by atoms with van der Waals surface area (Å²) >= 11 is 8.93. The van der Waals surface area contributed by atoms with Gasteiger partial charge in [0.1, 0.15) is 0 Å². The molecule has 0 bridgehead atoms. The van der Waals surface area contributed by atoms with E-state index in [4.69, 9.17) is 0 Å². The van der Waals surface area contributed by atoms with Crippen LogP contribution in [0.15, 0.2) is 54.6 Å². The van der Waals surface area contributed by atoms with Gasteiger partial charge >= 0.3 is 0 Å². The van der Waals surface area contributed by atoms with Crippen LogP contribution in [-0.4, -0.2) is 5.78 Å². The minimum atomic E-state index is 0.0712. The number of thiophene rings is 5. The second-order valence-electron chi connectivity index (χ2n) is 7.88. The number of aryl methyl sites for hydroxylation is 4. The third-order valence-electron chi connectivity index (χ3n) is 5.37. The summed E-state index contributed by atoms with van der Waals surface area (Å²) < 4.78 is 0. The predicted molar refractivity (Wildman–Crippen MR) is 151 cm³/mol. The minimum absolute atomic E-state index is 0.0712. The highest BCUT2D eigenvalue weighted by molar-refractivity contribution is 7.26. The number of hydrogen-bond acceptors (Lipinski definition) is 6. The van der Waals surface area contributed by atoms with Crippen LogP contribution in [0.4, 0.5) is 0 Å². The summed E-state index contributed by atoms with van der Waals surface area (Å²) in [7, 11) is 0. The van der Waals surface area contributed by atoms with E-state index in [1.807, 2.05) is 41.7 Å². The van der Waals surface area contributed by atoms with Crippen LogP contribution in [0.1, 0.15) is 35.4 Å². The van der Waals surface area contributed by atoms with E-state index in [1.165, 1.54) is 43.9 Å². The van der Waals surface area contributed by atoms with Crippen LogP contribution in [0.3, 0.4) is 0 Å². The Labute approximate surface area is 214 Å². The Morgan fingerprint density at radius 2 is 1.12 bits per heavy atom. The van der Waals surface area contributed by atoms with E-state index in [0.29, 0.717) is 0 Å². The Morgan fingerprint density at radius 1 is 0.606 bits per heavy atom. The van der Waals surface area contributed by atoms with E-state index in [1.54, 1.807) is 40.1 Å². The standard InChI is InChI=1S/C27H22OS5/c1-15-5-9-22(29-15)23-11-12-25(33-23)26-13-19(17(3)31-26)7-8-21(28)20-14-27(32-18(20)4)24-10-6-16(2)30-24/h5-14H,1-4H3/b8-7+. The Bertz CT molecular complexity index is 1480. The van der Waals surface area contributed by atoms with Gasteiger partial charge in [-0.25, -0.2) is 0 Å². The quantitative estimate of drug-likeness (QED) is 0.160. The minimum Gasteiger partial charge on any atom is -0.289 e. The summed E-state index contributed by atoms with van der Waals surface area (Å²) in [6, 6.07) is 17.3. The number of hydrogen-bond donors (Lipinski definition) is 0. The molecule has 0 aliphatic rings. The molecule has 166 valence electrons. The van der Waals surface area contributed by atoms with Crippen LogP contribution in [0, 0.1) is 27.7 Å². The number of carbonyl (C=O) groups excluding carboxylic acids is 1. The van der Waals surface area contributed by atoms with Crippen molar-refractivity contribution in [1.29, 1.82) is 0 Å². The number of ketones is 1. The van der Waals surface area contributed by atoms with Crippen molar-refractivity contribution in [3.63, 3.8) is 0 Å². The van der Waals surface area contributed by atoms with Gasteiger partial charge in [0.2, 0.25) is 0 Å². The van der Waals surface area contributed by atoms with Gasteiger partial charge in [-0.3, -0.25) is 4.79 Å². The van der Waals surface area contributed by atoms with Crippen molar-refractivity contribution in [2.45, 2.75) is 27.7 Å². The van der Waals surface area contributed by atoms with Gasteiger partial charge in [-0.1, -0.05) is 0 Å². The molecule has 33 heavy (non-hydrogen) atoms. The van der Waals surface area contributed by atoms with Crippen molar-refractivity contribution in [3.8, 4) is 29.3 Å². The lowest BCUT2D eigenvalue weighted by Gasteiger charge is -1.93. The summed E-state index contributed by atoms with van der Waals surface area (Å²) in [5.41, 5.74) is 1.92. The summed E-state index contributed by atoms with van der Waals surface area (Å²) in [4.78, 5) is 25.5. The fourth-order valence-electron chi connectivity index (χ4n) is 3.62. The van der Waals surface area contributed by atoms with Crippen LogP contribution in [-0.2, 0) is 0 Å². The maximum atomic E-state index is 13.0. The summed E-state index contributed by atoms with van der Waals surface area (Å²) in [6.07, 6.45) is 3.70. The number of allylic oxidation sites excluding steroid dienone is 1. The van der Waals surface area contributed by atoms with Crippen LogP contribution in [0.25, 0.3) is 35.3 Å². The Morgan fingerprint density at radius 3 is 1.76 bits per heavy atom. The van der Waals surface area contributed by atoms with Gasteiger partial charge in [-0.05, 0) is 93.9 Å². The zero-order chi connectivity index (χ0) is 23.1. The Balaban J connectivity index is 1.35. The molecule has 5 aromatic rings. The predicted octanol–water partition coefficient (Wildman–Crippen LogP) is 10.1. The highest BCUT2D eigenvalue weighted by atomic mass is 32.1. The molecule has 1 nitrogen and oxygen atoms in total. The molecule has 0 spiro atoms. The van der Waals surface area contributed by atoms with Crippen LogP contribution in [0.5, 0.6) is 0 Å². The van der Waals surface area contributed by atoms with E-state index < -0.39 is 0 Å². The van der Waals surface area contributed by atoms with Crippen molar-refractivity contribution in [2.24, 2.45) is 0 Å². The SMILES string of the molecule is Cc1ccc(-c2ccc(-c3cc(/C=C/C(=O)c4cc(-c5ccc(C)s5)sc4C)c(C)s3)s2)s1. The molecule has 5 rings (SSSR count). The molecule has 0 aromatic carbocycles. The molecule has 5 heterocycles. The molecule has 0 atom stereocenters. The van der Waals surface area contributed by atoms with Gasteiger partial charge in [-0.2, -0.15) is 0 Å². The lowest BCUT2D eigenvalue weighted by molar-refractivity contribution is 0.104. The first-order chi connectivity index (χ1) is 15.9. The van der Waals surface area contributed by atoms with Crippen molar-refractivity contribution in [1.82, 2.24) is 0 Å². The van der Waals surface area contributed by atoms with E-state index >= 15 is 0 Å². The fraction of sp³-hybridized carbons (Fsp3) is 0.148.